The van der Waals surface area contributed by atoms with Gasteiger partial charge in [-0.1, -0.05) is 11.6 Å². The number of nitrogens with one attached hydrogen (secondary N) is 1. The Hall–Kier alpha value is -1.27. The lowest BCUT2D eigenvalue weighted by Crippen LogP contribution is -2.53. The Kier molecular flexibility index (Phi) is 3.60. The first-order valence-corrected chi connectivity index (χ1v) is 7.52. The summed E-state index contributed by atoms with van der Waals surface area (Å²) in [7, 11) is 0. The van der Waals surface area contributed by atoms with Crippen LogP contribution in [0.25, 0.3) is 0 Å². The highest BCUT2D eigenvalue weighted by molar-refractivity contribution is 9.10. The number of amides is 3. The molecule has 0 aliphatic carbocycles. The van der Waals surface area contributed by atoms with E-state index in [2.05, 4.69) is 21.2 Å². The van der Waals surface area contributed by atoms with Gasteiger partial charge in [-0.2, -0.15) is 0 Å². The van der Waals surface area contributed by atoms with Crippen molar-refractivity contribution in [2.24, 2.45) is 0 Å². The topological polar surface area (TPSA) is 52.7 Å². The van der Waals surface area contributed by atoms with Crippen molar-refractivity contribution in [3.8, 4) is 0 Å². The zero-order chi connectivity index (χ0) is 14.3. The number of urea groups is 1. The minimum Gasteiger partial charge on any atom is -0.336 e. The van der Waals surface area contributed by atoms with E-state index in [0.717, 1.165) is 0 Å². The molecule has 1 unspecified atom stereocenters. The Balaban J connectivity index is 1.75. The predicted octanol–water partition coefficient (Wildman–Crippen LogP) is 1.95. The second-order valence-electron chi connectivity index (χ2n) is 4.91. The Morgan fingerprint density at radius 3 is 2.95 bits per heavy atom. The Morgan fingerprint density at radius 1 is 1.40 bits per heavy atom. The van der Waals surface area contributed by atoms with Gasteiger partial charge in [0, 0.05) is 36.2 Å². The molecule has 106 valence electrons. The summed E-state index contributed by atoms with van der Waals surface area (Å²) in [5.74, 6) is -0.0265. The average molecular weight is 359 g/mol. The Labute approximate surface area is 130 Å². The fraction of sp³-hybridized carbons (Fsp3) is 0.385. The highest BCUT2D eigenvalue weighted by Crippen LogP contribution is 2.24. The quantitative estimate of drug-likeness (QED) is 0.834. The third-order valence-corrected chi connectivity index (χ3v) is 4.90. The monoisotopic (exact) mass is 357 g/mol. The van der Waals surface area contributed by atoms with Crippen LogP contribution in [0, 0.1) is 0 Å². The standard InChI is InChI=1S/C13H13BrClN3O2/c14-10-5-8(1-2-11(10)15)12(19)17-3-4-18-9(7-17)6-16-13(18)20/h1-2,5,9H,3-4,6-7H2,(H,16,20). The van der Waals surface area contributed by atoms with Gasteiger partial charge in [-0.05, 0) is 34.1 Å². The molecule has 1 aromatic carbocycles. The van der Waals surface area contributed by atoms with Gasteiger partial charge < -0.3 is 15.1 Å². The summed E-state index contributed by atoms with van der Waals surface area (Å²) >= 11 is 9.26. The SMILES string of the molecule is O=C(c1ccc(Cl)c(Br)c1)N1CCN2C(=O)NCC2C1. The number of fused-ring (bicyclic) bond motifs is 1. The van der Waals surface area contributed by atoms with Crippen LogP contribution in [0.5, 0.6) is 0 Å². The minimum absolute atomic E-state index is 0.0265. The lowest BCUT2D eigenvalue weighted by molar-refractivity contribution is 0.0617. The molecule has 3 amide bonds. The van der Waals surface area contributed by atoms with E-state index >= 15 is 0 Å². The number of carbonyl (C=O) groups is 2. The normalized spacial score (nSPS) is 21.7. The van der Waals surface area contributed by atoms with E-state index in [9.17, 15) is 9.59 Å². The molecule has 7 heteroatoms. The van der Waals surface area contributed by atoms with Crippen LogP contribution in [-0.4, -0.2) is 54.0 Å². The molecule has 0 radical (unpaired) electrons. The van der Waals surface area contributed by atoms with E-state index in [4.69, 9.17) is 11.6 Å². The fourth-order valence-electron chi connectivity index (χ4n) is 2.60. The summed E-state index contributed by atoms with van der Waals surface area (Å²) in [5.41, 5.74) is 0.604. The van der Waals surface area contributed by atoms with Crippen LogP contribution in [0.1, 0.15) is 10.4 Å². The molecule has 2 aliphatic heterocycles. The van der Waals surface area contributed by atoms with Crippen molar-refractivity contribution < 1.29 is 9.59 Å². The van der Waals surface area contributed by atoms with E-state index in [1.807, 2.05) is 0 Å². The van der Waals surface area contributed by atoms with E-state index < -0.39 is 0 Å². The minimum atomic E-state index is -0.0312. The molecule has 0 spiro atoms. The molecule has 1 aromatic rings. The molecular formula is C13H13BrClN3O2. The molecule has 2 aliphatic rings. The maximum Gasteiger partial charge on any atom is 0.317 e. The number of hydrogen-bond donors (Lipinski definition) is 1. The molecule has 0 saturated carbocycles. The van der Waals surface area contributed by atoms with Crippen LogP contribution in [0.2, 0.25) is 5.02 Å². The number of halogens is 2. The number of piperazine rings is 1. The second kappa shape index (κ2) is 5.26. The van der Waals surface area contributed by atoms with Crippen molar-refractivity contribution in [2.75, 3.05) is 26.2 Å². The van der Waals surface area contributed by atoms with Crippen LogP contribution in [0.3, 0.4) is 0 Å². The smallest absolute Gasteiger partial charge is 0.317 e. The molecule has 1 N–H and O–H groups in total. The van der Waals surface area contributed by atoms with E-state index in [1.165, 1.54) is 0 Å². The van der Waals surface area contributed by atoms with Gasteiger partial charge in [-0.3, -0.25) is 4.79 Å². The lowest BCUT2D eigenvalue weighted by atomic mass is 10.1. The van der Waals surface area contributed by atoms with E-state index in [0.29, 0.717) is 41.2 Å². The summed E-state index contributed by atoms with van der Waals surface area (Å²) in [5, 5.41) is 3.38. The van der Waals surface area contributed by atoms with Crippen molar-refractivity contribution in [2.45, 2.75) is 6.04 Å². The molecule has 0 aromatic heterocycles. The fourth-order valence-corrected chi connectivity index (χ4v) is 3.10. The number of nitrogens with zero attached hydrogens (tertiary/aromatic N) is 2. The highest BCUT2D eigenvalue weighted by Gasteiger charge is 2.37. The van der Waals surface area contributed by atoms with Gasteiger partial charge in [0.1, 0.15) is 0 Å². The molecule has 20 heavy (non-hydrogen) atoms. The van der Waals surface area contributed by atoms with Crippen LogP contribution in [0.15, 0.2) is 22.7 Å². The molecule has 5 nitrogen and oxygen atoms in total. The van der Waals surface area contributed by atoms with Gasteiger partial charge in [0.05, 0.1) is 11.1 Å². The van der Waals surface area contributed by atoms with Gasteiger partial charge in [0.25, 0.3) is 5.91 Å². The van der Waals surface area contributed by atoms with Gasteiger partial charge >= 0.3 is 6.03 Å². The number of benzene rings is 1. The first-order chi connectivity index (χ1) is 9.56. The summed E-state index contributed by atoms with van der Waals surface area (Å²) in [6, 6.07) is 5.21. The molecule has 2 heterocycles. The van der Waals surface area contributed by atoms with Crippen molar-refractivity contribution in [3.63, 3.8) is 0 Å². The van der Waals surface area contributed by atoms with Crippen molar-refractivity contribution in [1.29, 1.82) is 0 Å². The summed E-state index contributed by atoms with van der Waals surface area (Å²) in [6.45, 7) is 2.31. The van der Waals surface area contributed by atoms with Gasteiger partial charge in [0.15, 0.2) is 0 Å². The zero-order valence-corrected chi connectivity index (χ0v) is 12.9. The Bertz CT molecular complexity index is 581. The number of hydrogen-bond acceptors (Lipinski definition) is 2. The second-order valence-corrected chi connectivity index (χ2v) is 6.17. The average Bonchev–Trinajstić information content (AvgIpc) is 2.82. The molecule has 2 fully saturated rings. The summed E-state index contributed by atoms with van der Waals surface area (Å²) in [6.07, 6.45) is 0. The van der Waals surface area contributed by atoms with Crippen molar-refractivity contribution >= 4 is 39.5 Å². The van der Waals surface area contributed by atoms with Gasteiger partial charge in [-0.15, -0.1) is 0 Å². The maximum absolute atomic E-state index is 12.5. The summed E-state index contributed by atoms with van der Waals surface area (Å²) in [4.78, 5) is 27.6. The number of rotatable bonds is 1. The molecule has 3 rings (SSSR count). The predicted molar refractivity (Wildman–Crippen MR) is 78.9 cm³/mol. The summed E-state index contributed by atoms with van der Waals surface area (Å²) < 4.78 is 0.710. The van der Waals surface area contributed by atoms with Crippen LogP contribution < -0.4 is 5.32 Å². The molecule has 0 bridgehead atoms. The van der Waals surface area contributed by atoms with Crippen LogP contribution >= 0.6 is 27.5 Å². The lowest BCUT2D eigenvalue weighted by Gasteiger charge is -2.36. The van der Waals surface area contributed by atoms with E-state index in [1.54, 1.807) is 28.0 Å². The highest BCUT2D eigenvalue weighted by atomic mass is 79.9. The van der Waals surface area contributed by atoms with Crippen molar-refractivity contribution in [1.82, 2.24) is 15.1 Å². The molecule has 2 saturated heterocycles. The van der Waals surface area contributed by atoms with Gasteiger partial charge in [-0.25, -0.2) is 4.79 Å². The first kappa shape index (κ1) is 13.7. The van der Waals surface area contributed by atoms with Crippen LogP contribution in [0.4, 0.5) is 4.79 Å². The van der Waals surface area contributed by atoms with Crippen LogP contribution in [-0.2, 0) is 0 Å². The van der Waals surface area contributed by atoms with E-state index in [-0.39, 0.29) is 18.0 Å². The first-order valence-electron chi connectivity index (χ1n) is 6.35. The number of carbonyl (C=O) groups excluding carboxylic acids is 2. The van der Waals surface area contributed by atoms with Gasteiger partial charge in [0.2, 0.25) is 0 Å². The zero-order valence-electron chi connectivity index (χ0n) is 10.6. The van der Waals surface area contributed by atoms with Crippen molar-refractivity contribution in [3.05, 3.63) is 33.3 Å². The maximum atomic E-state index is 12.5. The molecule has 1 atom stereocenters. The third kappa shape index (κ3) is 2.38. The Morgan fingerprint density at radius 2 is 2.20 bits per heavy atom. The molecular weight excluding hydrogens is 346 g/mol. The largest absolute Gasteiger partial charge is 0.336 e. The third-order valence-electron chi connectivity index (χ3n) is 3.69.